The van der Waals surface area contributed by atoms with Crippen molar-refractivity contribution in [1.82, 2.24) is 10.2 Å². The maximum atomic E-state index is 10.6. The molecule has 21 heavy (non-hydrogen) atoms. The van der Waals surface area contributed by atoms with Crippen molar-refractivity contribution in [2.75, 3.05) is 26.7 Å². The molecule has 5 heteroatoms. The summed E-state index contributed by atoms with van der Waals surface area (Å²) in [6.45, 7) is 3.11. The average Bonchev–Trinajstić information content (AvgIpc) is 3.23. The van der Waals surface area contributed by atoms with E-state index < -0.39 is 6.10 Å². The maximum Gasteiger partial charge on any atom is 0.138 e. The van der Waals surface area contributed by atoms with E-state index >= 15 is 0 Å². The van der Waals surface area contributed by atoms with Crippen LogP contribution in [0.25, 0.3) is 0 Å². The minimum absolute atomic E-state index is 0.0107. The molecular weight excluding hydrogens is 288 g/mol. The highest BCUT2D eigenvalue weighted by molar-refractivity contribution is 6.32. The van der Waals surface area contributed by atoms with E-state index in [0.717, 1.165) is 43.8 Å². The first-order chi connectivity index (χ1) is 10.2. The highest BCUT2D eigenvalue weighted by atomic mass is 35.5. The van der Waals surface area contributed by atoms with Crippen LogP contribution in [0.2, 0.25) is 5.02 Å². The van der Waals surface area contributed by atoms with Crippen molar-refractivity contribution >= 4 is 11.6 Å². The third-order valence-corrected chi connectivity index (χ3v) is 4.57. The Morgan fingerprint density at radius 1 is 1.43 bits per heavy atom. The highest BCUT2D eigenvalue weighted by Gasteiger charge is 2.27. The molecule has 0 radical (unpaired) electrons. The molecule has 2 fully saturated rings. The molecule has 0 aromatic heterocycles. The number of nitrogens with zero attached hydrogens (tertiary/aromatic N) is 1. The normalized spacial score (nSPS) is 21.7. The number of hydrogen-bond donors (Lipinski definition) is 2. The summed E-state index contributed by atoms with van der Waals surface area (Å²) < 4.78 is 5.73. The molecule has 1 aromatic carbocycles. The van der Waals surface area contributed by atoms with Gasteiger partial charge in [-0.05, 0) is 57.1 Å². The van der Waals surface area contributed by atoms with Gasteiger partial charge in [0.15, 0.2) is 0 Å². The van der Waals surface area contributed by atoms with Crippen molar-refractivity contribution in [3.63, 3.8) is 0 Å². The molecule has 1 aromatic rings. The Labute approximate surface area is 131 Å². The largest absolute Gasteiger partial charge is 0.489 e. The van der Waals surface area contributed by atoms with Gasteiger partial charge in [0.2, 0.25) is 0 Å². The summed E-state index contributed by atoms with van der Waals surface area (Å²) in [5.41, 5.74) is 0.836. The Hall–Kier alpha value is -0.810. The summed E-state index contributed by atoms with van der Waals surface area (Å²) in [7, 11) is 1.89. The van der Waals surface area contributed by atoms with Crippen LogP contribution in [0.5, 0.6) is 5.75 Å². The fraction of sp³-hybridized carbons (Fsp3) is 0.625. The molecule has 0 spiro atoms. The van der Waals surface area contributed by atoms with Gasteiger partial charge in [-0.3, -0.25) is 0 Å². The summed E-state index contributed by atoms with van der Waals surface area (Å²) >= 11 is 6.27. The minimum atomic E-state index is -0.567. The molecule has 3 rings (SSSR count). The molecule has 1 heterocycles. The molecule has 0 bridgehead atoms. The van der Waals surface area contributed by atoms with Gasteiger partial charge in [0.1, 0.15) is 5.75 Å². The van der Waals surface area contributed by atoms with Crippen LogP contribution < -0.4 is 10.1 Å². The molecule has 1 aliphatic heterocycles. The van der Waals surface area contributed by atoms with E-state index in [1.54, 1.807) is 0 Å². The van der Waals surface area contributed by atoms with Gasteiger partial charge in [0, 0.05) is 12.6 Å². The predicted molar refractivity (Wildman–Crippen MR) is 84.0 cm³/mol. The lowest BCUT2D eigenvalue weighted by Gasteiger charge is -2.35. The number of aliphatic hydroxyl groups is 1. The topological polar surface area (TPSA) is 44.7 Å². The number of aliphatic hydroxyl groups excluding tert-OH is 1. The fourth-order valence-corrected chi connectivity index (χ4v) is 2.82. The van der Waals surface area contributed by atoms with Crippen molar-refractivity contribution in [2.24, 2.45) is 0 Å². The van der Waals surface area contributed by atoms with E-state index in [0.29, 0.717) is 11.1 Å². The van der Waals surface area contributed by atoms with Crippen molar-refractivity contribution in [3.8, 4) is 5.75 Å². The van der Waals surface area contributed by atoms with Crippen molar-refractivity contribution in [2.45, 2.75) is 37.5 Å². The van der Waals surface area contributed by atoms with E-state index in [9.17, 15) is 5.11 Å². The molecule has 116 valence electrons. The molecule has 2 aliphatic rings. The summed E-state index contributed by atoms with van der Waals surface area (Å²) in [6.07, 6.45) is 3.24. The molecule has 1 aliphatic carbocycles. The van der Waals surface area contributed by atoms with Gasteiger partial charge >= 0.3 is 0 Å². The zero-order chi connectivity index (χ0) is 14.8. The van der Waals surface area contributed by atoms with Crippen LogP contribution in [0.15, 0.2) is 18.2 Å². The number of hydrogen-bond acceptors (Lipinski definition) is 4. The van der Waals surface area contributed by atoms with Crippen LogP contribution in [-0.2, 0) is 0 Å². The first-order valence-corrected chi connectivity index (χ1v) is 8.09. The lowest BCUT2D eigenvalue weighted by Crippen LogP contribution is -2.48. The molecule has 2 N–H and O–H groups in total. The standard InChI is InChI=1S/C16H23ClN2O2/c1-18-14(10-19-7-2-8-19)16(20)11-3-6-15(13(17)9-11)21-12-4-5-12/h3,6,9,12,14,16,18,20H,2,4-5,7-8,10H2,1H3/t14-,16-/m1/s1. The van der Waals surface area contributed by atoms with Crippen molar-refractivity contribution in [3.05, 3.63) is 28.8 Å². The Bertz CT molecular complexity index is 489. The number of ether oxygens (including phenoxy) is 1. The smallest absolute Gasteiger partial charge is 0.138 e. The molecule has 2 atom stereocenters. The molecule has 0 amide bonds. The van der Waals surface area contributed by atoms with Gasteiger partial charge < -0.3 is 20.1 Å². The maximum absolute atomic E-state index is 10.6. The number of rotatable bonds is 7. The number of halogens is 1. The van der Waals surface area contributed by atoms with Crippen LogP contribution in [0.1, 0.15) is 30.9 Å². The van der Waals surface area contributed by atoms with Crippen molar-refractivity contribution in [1.29, 1.82) is 0 Å². The highest BCUT2D eigenvalue weighted by Crippen LogP contribution is 2.34. The van der Waals surface area contributed by atoms with E-state index in [2.05, 4.69) is 10.2 Å². The quantitative estimate of drug-likeness (QED) is 0.810. The summed E-state index contributed by atoms with van der Waals surface area (Å²) in [5.74, 6) is 0.721. The molecule has 0 unspecified atom stereocenters. The minimum Gasteiger partial charge on any atom is -0.489 e. The lowest BCUT2D eigenvalue weighted by atomic mass is 10.0. The number of likely N-dealkylation sites (tertiary alicyclic amines) is 1. The number of nitrogens with one attached hydrogen (secondary N) is 1. The summed E-state index contributed by atoms with van der Waals surface area (Å²) in [4.78, 5) is 2.34. The van der Waals surface area contributed by atoms with Gasteiger partial charge in [-0.1, -0.05) is 17.7 Å². The average molecular weight is 311 g/mol. The monoisotopic (exact) mass is 310 g/mol. The molecule has 1 saturated heterocycles. The predicted octanol–water partition coefficient (Wildman–Crippen LogP) is 2.21. The Balaban J connectivity index is 1.66. The Morgan fingerprint density at radius 2 is 2.19 bits per heavy atom. The first-order valence-electron chi connectivity index (χ1n) is 7.71. The summed E-state index contributed by atoms with van der Waals surface area (Å²) in [5, 5.41) is 14.4. The van der Waals surface area contributed by atoms with Gasteiger partial charge in [-0.25, -0.2) is 0 Å². The van der Waals surface area contributed by atoms with Crippen LogP contribution >= 0.6 is 11.6 Å². The number of likely N-dealkylation sites (N-methyl/N-ethyl adjacent to an activating group) is 1. The SMILES string of the molecule is CN[C@H](CN1CCC1)[C@H](O)c1ccc(OC2CC2)c(Cl)c1. The number of benzene rings is 1. The van der Waals surface area contributed by atoms with Crippen LogP contribution in [0, 0.1) is 0 Å². The summed E-state index contributed by atoms with van der Waals surface area (Å²) in [6, 6.07) is 5.62. The lowest BCUT2D eigenvalue weighted by molar-refractivity contribution is 0.0828. The third kappa shape index (κ3) is 3.69. The van der Waals surface area contributed by atoms with Crippen LogP contribution in [-0.4, -0.2) is 48.8 Å². The van der Waals surface area contributed by atoms with E-state index in [1.807, 2.05) is 25.2 Å². The van der Waals surface area contributed by atoms with Gasteiger partial charge in [-0.2, -0.15) is 0 Å². The Kier molecular flexibility index (Phi) is 4.69. The second-order valence-electron chi connectivity index (χ2n) is 6.00. The second kappa shape index (κ2) is 6.53. The second-order valence-corrected chi connectivity index (χ2v) is 6.41. The van der Waals surface area contributed by atoms with Gasteiger partial charge in [0.05, 0.1) is 17.2 Å². The van der Waals surface area contributed by atoms with Gasteiger partial charge in [0.25, 0.3) is 0 Å². The zero-order valence-electron chi connectivity index (χ0n) is 12.4. The van der Waals surface area contributed by atoms with E-state index in [4.69, 9.17) is 16.3 Å². The van der Waals surface area contributed by atoms with Gasteiger partial charge in [-0.15, -0.1) is 0 Å². The van der Waals surface area contributed by atoms with E-state index in [1.165, 1.54) is 6.42 Å². The van der Waals surface area contributed by atoms with E-state index in [-0.39, 0.29) is 6.04 Å². The molecule has 4 nitrogen and oxygen atoms in total. The van der Waals surface area contributed by atoms with Crippen LogP contribution in [0.3, 0.4) is 0 Å². The molecular formula is C16H23ClN2O2. The zero-order valence-corrected chi connectivity index (χ0v) is 13.1. The fourth-order valence-electron chi connectivity index (χ4n) is 2.59. The Morgan fingerprint density at radius 3 is 2.71 bits per heavy atom. The van der Waals surface area contributed by atoms with Crippen molar-refractivity contribution < 1.29 is 9.84 Å². The van der Waals surface area contributed by atoms with Crippen LogP contribution in [0.4, 0.5) is 0 Å². The molecule has 1 saturated carbocycles. The third-order valence-electron chi connectivity index (χ3n) is 4.27. The first kappa shape index (κ1) is 15.1.